The molecule has 5 heteroatoms. The van der Waals surface area contributed by atoms with Crippen LogP contribution >= 0.6 is 0 Å². The summed E-state index contributed by atoms with van der Waals surface area (Å²) in [6.45, 7) is 0. The van der Waals surface area contributed by atoms with Gasteiger partial charge in [0.2, 0.25) is 0 Å². The molecule has 13 rings (SSSR count). The predicted octanol–water partition coefficient (Wildman–Crippen LogP) is 14.6. The number of ether oxygens (including phenoxy) is 1. The summed E-state index contributed by atoms with van der Waals surface area (Å²) in [7, 11) is 0. The minimum atomic E-state index is -0.639. The van der Waals surface area contributed by atoms with Gasteiger partial charge in [0.1, 0.15) is 22.7 Å². The molecule has 0 unspecified atom stereocenters. The number of hydrogen-bond acceptors (Lipinski definition) is 5. The zero-order chi connectivity index (χ0) is 41.5. The Morgan fingerprint density at radius 3 is 1.63 bits per heavy atom. The van der Waals surface area contributed by atoms with E-state index in [0.29, 0.717) is 17.5 Å². The van der Waals surface area contributed by atoms with Crippen molar-refractivity contribution in [3.8, 4) is 79.0 Å². The average molecular weight is 806 g/mol. The van der Waals surface area contributed by atoms with Gasteiger partial charge >= 0.3 is 0 Å². The van der Waals surface area contributed by atoms with Crippen LogP contribution in [0.5, 0.6) is 11.5 Å². The molecule has 0 amide bonds. The summed E-state index contributed by atoms with van der Waals surface area (Å²) in [5.74, 6) is 3.38. The zero-order valence-corrected chi connectivity index (χ0v) is 33.9. The number of hydrogen-bond donors (Lipinski definition) is 0. The highest BCUT2D eigenvalue weighted by Gasteiger charge is 2.51. The number of nitrogens with zero attached hydrogens (tertiary/aromatic N) is 3. The molecule has 0 atom stereocenters. The van der Waals surface area contributed by atoms with Gasteiger partial charge in [-0.3, -0.25) is 0 Å². The summed E-state index contributed by atoms with van der Waals surface area (Å²) in [5.41, 5.74) is 14.7. The number of benzene rings is 9. The van der Waals surface area contributed by atoms with Crippen LogP contribution in [0.4, 0.5) is 0 Å². The molecule has 0 fully saturated rings. The van der Waals surface area contributed by atoms with E-state index in [9.17, 15) is 0 Å². The van der Waals surface area contributed by atoms with Crippen LogP contribution in [0.25, 0.3) is 89.5 Å². The van der Waals surface area contributed by atoms with E-state index in [4.69, 9.17) is 24.1 Å². The van der Waals surface area contributed by atoms with Crippen molar-refractivity contribution in [3.63, 3.8) is 0 Å². The summed E-state index contributed by atoms with van der Waals surface area (Å²) in [4.78, 5) is 16.3. The first-order valence-corrected chi connectivity index (χ1v) is 21.3. The normalized spacial score (nSPS) is 13.0. The van der Waals surface area contributed by atoms with Crippen molar-refractivity contribution in [2.24, 2.45) is 0 Å². The standard InChI is InChI=1S/C58H35N3O2/c1-3-17-36(18-4-1)38-33-34-41(45(35-38)37-19-5-2-6-20-37)55-59-56(61-57(60-55)44-25-15-23-40-39-21-8-12-30-50(39)63-54(40)44)43-24-16-29-49-53(43)42-22-7-9-26-46(42)58(49)47-27-10-13-31-51(47)62-52-32-14-11-28-48(52)58/h1-35H. The van der Waals surface area contributed by atoms with Gasteiger partial charge < -0.3 is 9.15 Å². The van der Waals surface area contributed by atoms with E-state index >= 15 is 0 Å². The van der Waals surface area contributed by atoms with Crippen LogP contribution < -0.4 is 4.74 Å². The van der Waals surface area contributed by atoms with Crippen molar-refractivity contribution in [2.45, 2.75) is 5.41 Å². The lowest BCUT2D eigenvalue weighted by molar-refractivity contribution is 0.436. The quantitative estimate of drug-likeness (QED) is 0.173. The molecule has 1 aliphatic carbocycles. The van der Waals surface area contributed by atoms with Crippen molar-refractivity contribution in [1.82, 2.24) is 15.0 Å². The van der Waals surface area contributed by atoms with E-state index in [1.54, 1.807) is 0 Å². The number of fused-ring (bicyclic) bond motifs is 12. The number of furan rings is 1. The van der Waals surface area contributed by atoms with Gasteiger partial charge in [-0.2, -0.15) is 0 Å². The first-order chi connectivity index (χ1) is 31.2. The topological polar surface area (TPSA) is 61.0 Å². The molecular formula is C58H35N3O2. The second-order valence-electron chi connectivity index (χ2n) is 16.2. The Morgan fingerprint density at radius 1 is 0.333 bits per heavy atom. The third-order valence-corrected chi connectivity index (χ3v) is 12.8. The zero-order valence-electron chi connectivity index (χ0n) is 33.9. The van der Waals surface area contributed by atoms with E-state index in [-0.39, 0.29) is 0 Å². The van der Waals surface area contributed by atoms with Crippen LogP contribution in [-0.4, -0.2) is 15.0 Å². The Bertz CT molecular complexity index is 3570. The van der Waals surface area contributed by atoms with E-state index in [0.717, 1.165) is 100 Å². The van der Waals surface area contributed by atoms with Gasteiger partial charge in [-0.15, -0.1) is 0 Å². The first-order valence-electron chi connectivity index (χ1n) is 21.3. The predicted molar refractivity (Wildman–Crippen MR) is 252 cm³/mol. The molecule has 2 aliphatic rings. The molecule has 0 saturated heterocycles. The largest absolute Gasteiger partial charge is 0.457 e. The van der Waals surface area contributed by atoms with Gasteiger partial charge in [-0.25, -0.2) is 15.0 Å². The second-order valence-corrected chi connectivity index (χ2v) is 16.2. The Labute approximate surface area is 363 Å². The fourth-order valence-corrected chi connectivity index (χ4v) is 10.2. The van der Waals surface area contributed by atoms with Gasteiger partial charge in [-0.1, -0.05) is 176 Å². The average Bonchev–Trinajstić information content (AvgIpc) is 3.89. The molecule has 9 aromatic carbocycles. The van der Waals surface area contributed by atoms with E-state index < -0.39 is 5.41 Å². The van der Waals surface area contributed by atoms with Crippen molar-refractivity contribution >= 4 is 21.9 Å². The smallest absolute Gasteiger partial charge is 0.167 e. The molecule has 0 N–H and O–H groups in total. The molecule has 2 aromatic heterocycles. The molecule has 63 heavy (non-hydrogen) atoms. The highest BCUT2D eigenvalue weighted by atomic mass is 16.5. The molecule has 3 heterocycles. The van der Waals surface area contributed by atoms with Gasteiger partial charge in [0.05, 0.1) is 11.0 Å². The Kier molecular flexibility index (Phi) is 7.75. The molecule has 5 nitrogen and oxygen atoms in total. The van der Waals surface area contributed by atoms with Gasteiger partial charge in [-0.05, 0) is 80.9 Å². The molecular weight excluding hydrogens is 771 g/mol. The summed E-state index contributed by atoms with van der Waals surface area (Å²) in [6, 6.07) is 74.2. The van der Waals surface area contributed by atoms with Crippen molar-refractivity contribution in [1.29, 1.82) is 0 Å². The third-order valence-electron chi connectivity index (χ3n) is 12.8. The maximum atomic E-state index is 6.64. The number of aromatic nitrogens is 3. The van der Waals surface area contributed by atoms with Gasteiger partial charge in [0.25, 0.3) is 0 Å². The monoisotopic (exact) mass is 805 g/mol. The minimum Gasteiger partial charge on any atom is -0.457 e. The van der Waals surface area contributed by atoms with Crippen molar-refractivity contribution in [2.75, 3.05) is 0 Å². The van der Waals surface area contributed by atoms with Crippen LogP contribution in [-0.2, 0) is 5.41 Å². The summed E-state index contributed by atoms with van der Waals surface area (Å²) in [5, 5.41) is 2.06. The van der Waals surface area contributed by atoms with Crippen molar-refractivity contribution in [3.05, 3.63) is 235 Å². The van der Waals surface area contributed by atoms with Gasteiger partial charge in [0, 0.05) is 33.0 Å². The first kappa shape index (κ1) is 35.4. The lowest BCUT2D eigenvalue weighted by Gasteiger charge is -2.39. The molecule has 1 spiro atoms. The lowest BCUT2D eigenvalue weighted by atomic mass is 9.66. The summed E-state index contributed by atoms with van der Waals surface area (Å²) < 4.78 is 13.3. The SMILES string of the molecule is c1ccc(-c2ccc(-c3nc(-c4cccc5c4-c4ccccc4C54c5ccccc5Oc5ccccc54)nc(-c4cccc5c4oc4ccccc45)n3)c(-c3ccccc3)c2)cc1. The highest BCUT2D eigenvalue weighted by Crippen LogP contribution is 2.63. The fraction of sp³-hybridized carbons (Fsp3) is 0.0172. The van der Waals surface area contributed by atoms with E-state index in [1.807, 2.05) is 42.5 Å². The van der Waals surface area contributed by atoms with Crippen LogP contribution in [0.15, 0.2) is 217 Å². The fourth-order valence-electron chi connectivity index (χ4n) is 10.2. The number of para-hydroxylation sites is 4. The molecule has 294 valence electrons. The minimum absolute atomic E-state index is 0.533. The Morgan fingerprint density at radius 2 is 0.873 bits per heavy atom. The maximum absolute atomic E-state index is 6.64. The molecule has 1 aliphatic heterocycles. The molecule has 0 radical (unpaired) electrons. The van der Waals surface area contributed by atoms with Crippen LogP contribution in [0.2, 0.25) is 0 Å². The third kappa shape index (κ3) is 5.27. The van der Waals surface area contributed by atoms with E-state index in [1.165, 1.54) is 5.56 Å². The lowest BCUT2D eigenvalue weighted by Crippen LogP contribution is -2.32. The van der Waals surface area contributed by atoms with Crippen LogP contribution in [0, 0.1) is 0 Å². The molecule has 11 aromatic rings. The Balaban J connectivity index is 1.11. The summed E-state index contributed by atoms with van der Waals surface area (Å²) in [6.07, 6.45) is 0. The highest BCUT2D eigenvalue weighted by molar-refractivity contribution is 6.09. The number of rotatable bonds is 5. The van der Waals surface area contributed by atoms with Crippen LogP contribution in [0.1, 0.15) is 22.3 Å². The van der Waals surface area contributed by atoms with E-state index in [2.05, 4.69) is 170 Å². The van der Waals surface area contributed by atoms with Gasteiger partial charge in [0.15, 0.2) is 17.5 Å². The van der Waals surface area contributed by atoms with Crippen molar-refractivity contribution < 1.29 is 9.15 Å². The summed E-state index contributed by atoms with van der Waals surface area (Å²) >= 11 is 0. The molecule has 0 bridgehead atoms. The second kappa shape index (κ2) is 13.8. The maximum Gasteiger partial charge on any atom is 0.167 e. The van der Waals surface area contributed by atoms with Crippen LogP contribution in [0.3, 0.4) is 0 Å². The molecule has 0 saturated carbocycles. The Hall–Kier alpha value is -8.41.